The number of likely N-dealkylation sites (N-methyl/N-ethyl adjacent to an activating group) is 1. The van der Waals surface area contributed by atoms with Gasteiger partial charge in [-0.3, -0.25) is 19.1 Å². The number of nitrogens with one attached hydrogen (secondary N) is 1. The molecule has 2 amide bonds. The molecule has 1 heterocycles. The molecule has 1 saturated carbocycles. The molecular formula is C33H50N4O6. The Hall–Kier alpha value is -3.56. The van der Waals surface area contributed by atoms with Crippen molar-refractivity contribution < 1.29 is 28.6 Å². The van der Waals surface area contributed by atoms with Gasteiger partial charge >= 0.3 is 5.97 Å². The summed E-state index contributed by atoms with van der Waals surface area (Å²) >= 11 is 0. The number of nitrogens with zero attached hydrogens (tertiary/aromatic N) is 3. The van der Waals surface area contributed by atoms with Gasteiger partial charge in [-0.15, -0.1) is 0 Å². The molecule has 43 heavy (non-hydrogen) atoms. The van der Waals surface area contributed by atoms with Crippen molar-refractivity contribution in [3.8, 4) is 22.8 Å². The summed E-state index contributed by atoms with van der Waals surface area (Å²) in [7, 11) is 6.09. The number of methoxy groups -OCH3 is 3. The number of esters is 1. The molecule has 10 heteroatoms. The zero-order valence-electron chi connectivity index (χ0n) is 26.8. The second-order valence-electron chi connectivity index (χ2n) is 11.6. The molecule has 238 valence electrons. The molecule has 0 unspecified atom stereocenters. The van der Waals surface area contributed by atoms with Crippen LogP contribution < -0.4 is 14.8 Å². The van der Waals surface area contributed by atoms with E-state index in [1.807, 2.05) is 22.9 Å². The quantitative estimate of drug-likeness (QED) is 0.255. The normalized spacial score (nSPS) is 14.3. The number of ether oxygens (including phenoxy) is 3. The monoisotopic (exact) mass is 598 g/mol. The fourth-order valence-electron chi connectivity index (χ4n) is 5.87. The van der Waals surface area contributed by atoms with Crippen LogP contribution in [0.4, 0.5) is 0 Å². The number of benzene rings is 1. The summed E-state index contributed by atoms with van der Waals surface area (Å²) in [6, 6.07) is 6.98. The van der Waals surface area contributed by atoms with Crippen LogP contribution in [0.1, 0.15) is 88.5 Å². The third kappa shape index (κ3) is 9.46. The van der Waals surface area contributed by atoms with Crippen molar-refractivity contribution in [1.82, 2.24) is 20.0 Å². The van der Waals surface area contributed by atoms with Gasteiger partial charge in [-0.25, -0.2) is 0 Å². The molecule has 3 rings (SSSR count). The standard InChI is InChI=1S/C33H50N4O6/c1-7-23(8-2)21-37-27(32-28(41-4)15-12-16-29(32)42-5)20-26(35-37)33(40)34-25(18-17-24-13-10-9-11-14-24)19-30(38)36(3)22-31(39)43-6/h12,15-16,20,23-25H,7-11,13-14,17-19,21-22H2,1-6H3,(H,34,40)/t25-/m0/s1. The van der Waals surface area contributed by atoms with E-state index in [2.05, 4.69) is 19.2 Å². The van der Waals surface area contributed by atoms with Crippen molar-refractivity contribution >= 4 is 17.8 Å². The van der Waals surface area contributed by atoms with E-state index in [0.29, 0.717) is 36.3 Å². The highest BCUT2D eigenvalue weighted by Crippen LogP contribution is 2.39. The van der Waals surface area contributed by atoms with Gasteiger partial charge in [0, 0.05) is 26.1 Å². The number of hydrogen-bond acceptors (Lipinski definition) is 7. The van der Waals surface area contributed by atoms with Gasteiger partial charge in [0.15, 0.2) is 5.69 Å². The second-order valence-corrected chi connectivity index (χ2v) is 11.6. The zero-order chi connectivity index (χ0) is 31.4. The largest absolute Gasteiger partial charge is 0.496 e. The molecule has 2 aromatic rings. The molecule has 10 nitrogen and oxygen atoms in total. The summed E-state index contributed by atoms with van der Waals surface area (Å²) in [5, 5.41) is 7.89. The summed E-state index contributed by atoms with van der Waals surface area (Å²) < 4.78 is 18.0. The maximum Gasteiger partial charge on any atom is 0.325 e. The SMILES string of the molecule is CCC(CC)Cn1nc(C(=O)N[C@@H](CCC2CCCCC2)CC(=O)N(C)CC(=O)OC)cc1-c1c(OC)cccc1OC. The van der Waals surface area contributed by atoms with E-state index in [1.54, 1.807) is 27.3 Å². The van der Waals surface area contributed by atoms with E-state index in [4.69, 9.17) is 19.3 Å². The molecule has 1 aliphatic rings. The third-order valence-corrected chi connectivity index (χ3v) is 8.71. The molecule has 0 bridgehead atoms. The van der Waals surface area contributed by atoms with Crippen molar-refractivity contribution in [1.29, 1.82) is 0 Å². The van der Waals surface area contributed by atoms with Crippen LogP contribution >= 0.6 is 0 Å². The van der Waals surface area contributed by atoms with Gasteiger partial charge in [-0.1, -0.05) is 64.9 Å². The predicted octanol–water partition coefficient (Wildman–Crippen LogP) is 5.48. The summed E-state index contributed by atoms with van der Waals surface area (Å²) in [4.78, 5) is 39.9. The van der Waals surface area contributed by atoms with Crippen LogP contribution in [0.2, 0.25) is 0 Å². The van der Waals surface area contributed by atoms with Crippen molar-refractivity contribution in [2.75, 3.05) is 34.9 Å². The maximum absolute atomic E-state index is 13.8. The van der Waals surface area contributed by atoms with Crippen LogP contribution in [-0.4, -0.2) is 73.4 Å². The Morgan fingerprint density at radius 3 is 2.28 bits per heavy atom. The Morgan fingerprint density at radius 2 is 1.70 bits per heavy atom. The first-order valence-corrected chi connectivity index (χ1v) is 15.6. The Bertz CT molecular complexity index is 1180. The average Bonchev–Trinajstić information content (AvgIpc) is 3.45. The fraction of sp³-hybridized carbons (Fsp3) is 0.636. The highest BCUT2D eigenvalue weighted by molar-refractivity contribution is 5.94. The lowest BCUT2D eigenvalue weighted by Gasteiger charge is -2.25. The van der Waals surface area contributed by atoms with E-state index in [1.165, 1.54) is 44.1 Å². The molecule has 1 fully saturated rings. The van der Waals surface area contributed by atoms with Gasteiger partial charge < -0.3 is 24.4 Å². The summed E-state index contributed by atoms with van der Waals surface area (Å²) in [5.41, 5.74) is 1.74. The van der Waals surface area contributed by atoms with Gasteiger partial charge in [-0.05, 0) is 42.9 Å². The fourth-order valence-corrected chi connectivity index (χ4v) is 5.87. The molecule has 0 radical (unpaired) electrons. The molecule has 1 aliphatic carbocycles. The molecule has 1 aromatic heterocycles. The van der Waals surface area contributed by atoms with E-state index in [9.17, 15) is 14.4 Å². The molecular weight excluding hydrogens is 548 g/mol. The second kappa shape index (κ2) is 16.9. The molecule has 0 spiro atoms. The number of carbonyl (C=O) groups excluding carboxylic acids is 3. The first kappa shape index (κ1) is 33.9. The van der Waals surface area contributed by atoms with E-state index in [-0.39, 0.29) is 30.5 Å². The Balaban J connectivity index is 1.90. The lowest BCUT2D eigenvalue weighted by atomic mass is 9.85. The van der Waals surface area contributed by atoms with Gasteiger partial charge in [0.1, 0.15) is 18.0 Å². The Kier molecular flexibility index (Phi) is 13.3. The molecule has 1 N–H and O–H groups in total. The lowest BCUT2D eigenvalue weighted by Crippen LogP contribution is -2.41. The maximum atomic E-state index is 13.8. The summed E-state index contributed by atoms with van der Waals surface area (Å²) in [6.45, 7) is 4.81. The minimum Gasteiger partial charge on any atom is -0.496 e. The molecule has 0 aliphatic heterocycles. The number of aromatic nitrogens is 2. The zero-order valence-corrected chi connectivity index (χ0v) is 26.8. The van der Waals surface area contributed by atoms with Crippen LogP contribution in [0.25, 0.3) is 11.3 Å². The van der Waals surface area contributed by atoms with Crippen molar-refractivity contribution in [3.05, 3.63) is 30.0 Å². The summed E-state index contributed by atoms with van der Waals surface area (Å²) in [6.07, 6.45) is 9.75. The van der Waals surface area contributed by atoms with Crippen molar-refractivity contribution in [3.63, 3.8) is 0 Å². The Morgan fingerprint density at radius 1 is 1.05 bits per heavy atom. The van der Waals surface area contributed by atoms with E-state index >= 15 is 0 Å². The number of hydrogen-bond donors (Lipinski definition) is 1. The average molecular weight is 599 g/mol. The number of amides is 2. The third-order valence-electron chi connectivity index (χ3n) is 8.71. The van der Waals surface area contributed by atoms with Crippen LogP contribution in [-0.2, 0) is 20.9 Å². The van der Waals surface area contributed by atoms with Crippen LogP contribution in [0.5, 0.6) is 11.5 Å². The first-order valence-electron chi connectivity index (χ1n) is 15.6. The molecule has 1 aromatic carbocycles. The van der Waals surface area contributed by atoms with E-state index < -0.39 is 12.0 Å². The number of carbonyl (C=O) groups is 3. The Labute approximate surface area is 256 Å². The van der Waals surface area contributed by atoms with Crippen molar-refractivity contribution in [2.24, 2.45) is 11.8 Å². The van der Waals surface area contributed by atoms with Gasteiger partial charge in [0.25, 0.3) is 5.91 Å². The van der Waals surface area contributed by atoms with Crippen LogP contribution in [0, 0.1) is 11.8 Å². The minimum absolute atomic E-state index is 0.0909. The minimum atomic E-state index is -0.485. The van der Waals surface area contributed by atoms with Crippen molar-refractivity contribution in [2.45, 2.75) is 90.6 Å². The topological polar surface area (TPSA) is 112 Å². The van der Waals surface area contributed by atoms with Crippen LogP contribution in [0.15, 0.2) is 24.3 Å². The van der Waals surface area contributed by atoms with Gasteiger partial charge in [0.05, 0.1) is 32.6 Å². The van der Waals surface area contributed by atoms with E-state index in [0.717, 1.165) is 30.5 Å². The van der Waals surface area contributed by atoms with Gasteiger partial charge in [0.2, 0.25) is 5.91 Å². The summed E-state index contributed by atoms with van der Waals surface area (Å²) in [5.74, 6) is 1.18. The number of rotatable bonds is 16. The lowest BCUT2D eigenvalue weighted by molar-refractivity contribution is -0.146. The van der Waals surface area contributed by atoms with Gasteiger partial charge in [-0.2, -0.15) is 5.10 Å². The smallest absolute Gasteiger partial charge is 0.325 e. The molecule has 0 saturated heterocycles. The highest BCUT2D eigenvalue weighted by Gasteiger charge is 2.26. The van der Waals surface area contributed by atoms with Crippen LogP contribution in [0.3, 0.4) is 0 Å². The molecule has 1 atom stereocenters. The predicted molar refractivity (Wildman–Crippen MR) is 166 cm³/mol. The highest BCUT2D eigenvalue weighted by atomic mass is 16.5. The first-order chi connectivity index (χ1) is 20.7.